The topological polar surface area (TPSA) is 56.5 Å². The maximum Gasteiger partial charge on any atom is 0.0981 e. The maximum absolute atomic E-state index is 5.74. The highest BCUT2D eigenvalue weighted by atomic mass is 16.6. The second-order valence-corrected chi connectivity index (χ2v) is 4.02. The van der Waals surface area contributed by atoms with Gasteiger partial charge in [-0.15, -0.1) is 0 Å². The molecular formula is C12H18N2O2. The summed E-state index contributed by atoms with van der Waals surface area (Å²) < 4.78 is 10.9. The molecule has 0 bridgehead atoms. The van der Waals surface area contributed by atoms with Crippen LogP contribution < -0.4 is 11.1 Å². The fourth-order valence-electron chi connectivity index (χ4n) is 1.71. The van der Waals surface area contributed by atoms with E-state index in [1.807, 2.05) is 18.2 Å². The largest absolute Gasteiger partial charge is 0.399 e. The number of hydrogen-bond donors (Lipinski definition) is 2. The highest BCUT2D eigenvalue weighted by molar-refractivity contribution is 5.59. The van der Waals surface area contributed by atoms with Crippen LogP contribution in [0.15, 0.2) is 18.2 Å². The molecular weight excluding hydrogens is 204 g/mol. The minimum Gasteiger partial charge on any atom is -0.399 e. The molecule has 4 heteroatoms. The van der Waals surface area contributed by atoms with Gasteiger partial charge < -0.3 is 20.5 Å². The predicted octanol–water partition coefficient (Wildman–Crippen LogP) is 1.40. The van der Waals surface area contributed by atoms with Crippen LogP contribution in [0, 0.1) is 6.92 Å². The van der Waals surface area contributed by atoms with Crippen molar-refractivity contribution in [3.8, 4) is 0 Å². The van der Waals surface area contributed by atoms with Gasteiger partial charge in [0.2, 0.25) is 0 Å². The predicted molar refractivity (Wildman–Crippen MR) is 64.6 cm³/mol. The third-order valence-electron chi connectivity index (χ3n) is 2.67. The van der Waals surface area contributed by atoms with Gasteiger partial charge in [0, 0.05) is 17.9 Å². The number of benzene rings is 1. The number of nitrogens with two attached hydrogens (primary N) is 1. The summed E-state index contributed by atoms with van der Waals surface area (Å²) in [5.41, 5.74) is 8.76. The lowest BCUT2D eigenvalue weighted by atomic mass is 10.2. The number of ether oxygens (including phenoxy) is 2. The average Bonchev–Trinajstić information content (AvgIpc) is 2.32. The SMILES string of the molecule is Cc1ccc(N)cc1NCC1COCCO1. The summed E-state index contributed by atoms with van der Waals surface area (Å²) in [4.78, 5) is 0. The molecule has 0 aliphatic carbocycles. The Hall–Kier alpha value is -1.26. The Bertz CT molecular complexity index is 349. The van der Waals surface area contributed by atoms with Gasteiger partial charge >= 0.3 is 0 Å². The molecule has 0 aromatic heterocycles. The minimum absolute atomic E-state index is 0.134. The molecule has 0 radical (unpaired) electrons. The number of nitrogen functional groups attached to an aromatic ring is 1. The number of anilines is 2. The van der Waals surface area contributed by atoms with Gasteiger partial charge in [0.05, 0.1) is 25.9 Å². The van der Waals surface area contributed by atoms with E-state index in [0.29, 0.717) is 19.8 Å². The van der Waals surface area contributed by atoms with Crippen LogP contribution in [-0.2, 0) is 9.47 Å². The fraction of sp³-hybridized carbons (Fsp3) is 0.500. The average molecular weight is 222 g/mol. The Kier molecular flexibility index (Phi) is 3.64. The van der Waals surface area contributed by atoms with Crippen LogP contribution in [-0.4, -0.2) is 32.5 Å². The van der Waals surface area contributed by atoms with Gasteiger partial charge in [-0.25, -0.2) is 0 Å². The molecule has 1 unspecified atom stereocenters. The standard InChI is InChI=1S/C12H18N2O2/c1-9-2-3-10(13)6-12(9)14-7-11-8-15-4-5-16-11/h2-3,6,11,14H,4-5,7-8,13H2,1H3. The van der Waals surface area contributed by atoms with Crippen LogP contribution in [0.25, 0.3) is 0 Å². The molecule has 1 aromatic carbocycles. The lowest BCUT2D eigenvalue weighted by molar-refractivity contribution is -0.0818. The van der Waals surface area contributed by atoms with E-state index in [0.717, 1.165) is 17.9 Å². The van der Waals surface area contributed by atoms with Gasteiger partial charge in [-0.1, -0.05) is 6.07 Å². The molecule has 1 aliphatic heterocycles. The monoisotopic (exact) mass is 222 g/mol. The second-order valence-electron chi connectivity index (χ2n) is 4.02. The van der Waals surface area contributed by atoms with Crippen molar-refractivity contribution in [1.29, 1.82) is 0 Å². The molecule has 0 spiro atoms. The minimum atomic E-state index is 0.134. The number of rotatable bonds is 3. The zero-order valence-electron chi connectivity index (χ0n) is 9.53. The van der Waals surface area contributed by atoms with Crippen LogP contribution in [0.1, 0.15) is 5.56 Å². The van der Waals surface area contributed by atoms with Crippen molar-refractivity contribution in [2.45, 2.75) is 13.0 Å². The molecule has 4 nitrogen and oxygen atoms in total. The van der Waals surface area contributed by atoms with E-state index >= 15 is 0 Å². The first-order chi connectivity index (χ1) is 7.75. The summed E-state index contributed by atoms with van der Waals surface area (Å²) in [6.07, 6.45) is 0.134. The molecule has 1 atom stereocenters. The molecule has 2 rings (SSSR count). The van der Waals surface area contributed by atoms with Crippen LogP contribution in [0.5, 0.6) is 0 Å². The van der Waals surface area contributed by atoms with Gasteiger partial charge in [-0.2, -0.15) is 0 Å². The van der Waals surface area contributed by atoms with Crippen molar-refractivity contribution in [2.75, 3.05) is 37.4 Å². The smallest absolute Gasteiger partial charge is 0.0981 e. The summed E-state index contributed by atoms with van der Waals surface area (Å²) in [6, 6.07) is 5.86. The second kappa shape index (κ2) is 5.18. The molecule has 1 fully saturated rings. The Morgan fingerprint density at radius 3 is 3.06 bits per heavy atom. The molecule has 0 saturated carbocycles. The first-order valence-corrected chi connectivity index (χ1v) is 5.55. The summed E-state index contributed by atoms with van der Waals surface area (Å²) >= 11 is 0. The highest BCUT2D eigenvalue weighted by Gasteiger charge is 2.13. The highest BCUT2D eigenvalue weighted by Crippen LogP contribution is 2.18. The zero-order valence-corrected chi connectivity index (χ0v) is 9.53. The quantitative estimate of drug-likeness (QED) is 0.759. The fourth-order valence-corrected chi connectivity index (χ4v) is 1.71. The van der Waals surface area contributed by atoms with Crippen molar-refractivity contribution < 1.29 is 9.47 Å². The van der Waals surface area contributed by atoms with Crippen LogP contribution in [0.4, 0.5) is 11.4 Å². The Morgan fingerprint density at radius 2 is 2.31 bits per heavy atom. The molecule has 1 saturated heterocycles. The van der Waals surface area contributed by atoms with Crippen LogP contribution >= 0.6 is 0 Å². The molecule has 16 heavy (non-hydrogen) atoms. The van der Waals surface area contributed by atoms with Crippen molar-refractivity contribution in [3.05, 3.63) is 23.8 Å². The molecule has 1 aromatic rings. The molecule has 88 valence electrons. The number of hydrogen-bond acceptors (Lipinski definition) is 4. The lowest BCUT2D eigenvalue weighted by Gasteiger charge is -2.24. The van der Waals surface area contributed by atoms with Crippen LogP contribution in [0.3, 0.4) is 0 Å². The van der Waals surface area contributed by atoms with E-state index in [2.05, 4.69) is 12.2 Å². The van der Waals surface area contributed by atoms with E-state index in [9.17, 15) is 0 Å². The zero-order chi connectivity index (χ0) is 11.4. The Balaban J connectivity index is 1.90. The Labute approximate surface area is 95.7 Å². The molecule has 1 heterocycles. The van der Waals surface area contributed by atoms with Crippen molar-refractivity contribution in [1.82, 2.24) is 0 Å². The van der Waals surface area contributed by atoms with E-state index in [-0.39, 0.29) is 6.10 Å². The summed E-state index contributed by atoms with van der Waals surface area (Å²) in [5.74, 6) is 0. The molecule has 1 aliphatic rings. The molecule has 3 N–H and O–H groups in total. The maximum atomic E-state index is 5.74. The van der Waals surface area contributed by atoms with Crippen molar-refractivity contribution >= 4 is 11.4 Å². The van der Waals surface area contributed by atoms with Gasteiger partial charge in [0.25, 0.3) is 0 Å². The van der Waals surface area contributed by atoms with Crippen LogP contribution in [0.2, 0.25) is 0 Å². The van der Waals surface area contributed by atoms with Gasteiger partial charge in [0.15, 0.2) is 0 Å². The van der Waals surface area contributed by atoms with E-state index in [1.165, 1.54) is 5.56 Å². The normalized spacial score (nSPS) is 20.7. The van der Waals surface area contributed by atoms with E-state index < -0.39 is 0 Å². The van der Waals surface area contributed by atoms with Gasteiger partial charge in [-0.05, 0) is 24.6 Å². The number of nitrogens with one attached hydrogen (secondary N) is 1. The summed E-state index contributed by atoms with van der Waals surface area (Å²) in [5, 5.41) is 3.34. The van der Waals surface area contributed by atoms with Gasteiger partial charge in [0.1, 0.15) is 0 Å². The number of aryl methyl sites for hydroxylation is 1. The van der Waals surface area contributed by atoms with Crippen molar-refractivity contribution in [3.63, 3.8) is 0 Å². The first-order valence-electron chi connectivity index (χ1n) is 5.55. The molecule has 0 amide bonds. The first kappa shape index (κ1) is 11.2. The third-order valence-corrected chi connectivity index (χ3v) is 2.67. The van der Waals surface area contributed by atoms with E-state index in [4.69, 9.17) is 15.2 Å². The summed E-state index contributed by atoms with van der Waals surface area (Å²) in [6.45, 7) is 4.86. The van der Waals surface area contributed by atoms with Crippen molar-refractivity contribution in [2.24, 2.45) is 0 Å². The third kappa shape index (κ3) is 2.87. The summed E-state index contributed by atoms with van der Waals surface area (Å²) in [7, 11) is 0. The van der Waals surface area contributed by atoms with Gasteiger partial charge in [-0.3, -0.25) is 0 Å². The van der Waals surface area contributed by atoms with E-state index in [1.54, 1.807) is 0 Å². The Morgan fingerprint density at radius 1 is 1.44 bits per heavy atom. The lowest BCUT2D eigenvalue weighted by Crippen LogP contribution is -2.34.